The predicted molar refractivity (Wildman–Crippen MR) is 82.5 cm³/mol. The van der Waals surface area contributed by atoms with Crippen LogP contribution in [-0.4, -0.2) is 35.2 Å². The summed E-state index contributed by atoms with van der Waals surface area (Å²) in [6, 6.07) is 15.7. The van der Waals surface area contributed by atoms with E-state index in [0.29, 0.717) is 23.7 Å². The fourth-order valence-corrected chi connectivity index (χ4v) is 3.78. The summed E-state index contributed by atoms with van der Waals surface area (Å²) in [6.07, 6.45) is -0.119. The van der Waals surface area contributed by atoms with Crippen molar-refractivity contribution in [1.29, 1.82) is 0 Å². The molecule has 0 aliphatic carbocycles. The molecule has 0 aromatic heterocycles. The predicted octanol–water partition coefficient (Wildman–Crippen LogP) is 2.36. The lowest BCUT2D eigenvalue weighted by molar-refractivity contribution is 0.0703. The van der Waals surface area contributed by atoms with Crippen LogP contribution in [0.3, 0.4) is 0 Å². The molecule has 0 amide bonds. The zero-order valence-electron chi connectivity index (χ0n) is 12.2. The molecule has 22 heavy (non-hydrogen) atoms. The van der Waals surface area contributed by atoms with Crippen LogP contribution in [-0.2, 0) is 14.6 Å². The molecule has 6 heteroatoms. The second kappa shape index (κ2) is 6.08. The van der Waals surface area contributed by atoms with E-state index in [1.807, 2.05) is 24.3 Å². The number of hydrogen-bond donors (Lipinski definition) is 0. The molecule has 0 N–H and O–H groups in total. The van der Waals surface area contributed by atoms with Gasteiger partial charge in [0.1, 0.15) is 17.6 Å². The molecule has 116 valence electrons. The van der Waals surface area contributed by atoms with Crippen LogP contribution in [0.15, 0.2) is 59.5 Å². The first-order valence-electron chi connectivity index (χ1n) is 6.95. The average molecular weight is 319 g/mol. The van der Waals surface area contributed by atoms with Crippen LogP contribution < -0.4 is 9.47 Å². The van der Waals surface area contributed by atoms with E-state index in [0.717, 1.165) is 5.75 Å². The molecule has 2 aromatic carbocycles. The van der Waals surface area contributed by atoms with Crippen molar-refractivity contribution in [3.05, 3.63) is 54.6 Å². The molecule has 1 fully saturated rings. The third-order valence-corrected chi connectivity index (χ3v) is 5.40. The van der Waals surface area contributed by atoms with Gasteiger partial charge in [0.25, 0.3) is 0 Å². The van der Waals surface area contributed by atoms with Crippen LogP contribution in [0.1, 0.15) is 0 Å². The molecule has 1 unspecified atom stereocenters. The van der Waals surface area contributed by atoms with Gasteiger partial charge < -0.3 is 14.0 Å². The summed E-state index contributed by atoms with van der Waals surface area (Å²) < 4.78 is 37.0. The topological polar surface area (TPSA) is 61.8 Å². The number of nitrogens with zero attached hydrogens (tertiary/aromatic N) is 1. The summed E-state index contributed by atoms with van der Waals surface area (Å²) >= 11 is 0. The van der Waals surface area contributed by atoms with Crippen LogP contribution >= 0.6 is 0 Å². The second-order valence-corrected chi connectivity index (χ2v) is 6.99. The van der Waals surface area contributed by atoms with Gasteiger partial charge in [0, 0.05) is 0 Å². The quantitative estimate of drug-likeness (QED) is 0.794. The van der Waals surface area contributed by atoms with Gasteiger partial charge in [-0.05, 0) is 36.4 Å². The molecule has 1 saturated heterocycles. The van der Waals surface area contributed by atoms with E-state index in [4.69, 9.17) is 9.47 Å². The van der Waals surface area contributed by atoms with E-state index in [9.17, 15) is 8.76 Å². The maximum Gasteiger partial charge on any atom is 0.175 e. The van der Waals surface area contributed by atoms with E-state index in [2.05, 4.69) is 0 Å². The summed E-state index contributed by atoms with van der Waals surface area (Å²) in [5.41, 5.74) is 0. The standard InChI is InChI=1S/C16H17NO4S/c1-20-13-7-9-14(10-8-13)21-15-11-17(12-15)22(18,19)16-5-3-2-4-6-16/h2-10,15H,11-12H2,1H3. The Morgan fingerprint density at radius 2 is 1.64 bits per heavy atom. The lowest BCUT2D eigenvalue weighted by atomic mass is 10.2. The van der Waals surface area contributed by atoms with Gasteiger partial charge in [-0.15, -0.1) is 4.31 Å². The van der Waals surface area contributed by atoms with E-state index >= 15 is 0 Å². The van der Waals surface area contributed by atoms with Gasteiger partial charge in [0.05, 0.1) is 20.2 Å². The van der Waals surface area contributed by atoms with E-state index < -0.39 is 10.4 Å². The Hall–Kier alpha value is -1.89. The molecule has 2 aromatic rings. The summed E-state index contributed by atoms with van der Waals surface area (Å²) in [4.78, 5) is 0.317. The third kappa shape index (κ3) is 2.99. The molecule has 1 atom stereocenters. The molecule has 0 spiro atoms. The molecule has 1 aliphatic heterocycles. The minimum Gasteiger partial charge on any atom is -0.593 e. The highest BCUT2D eigenvalue weighted by Crippen LogP contribution is 2.28. The number of methoxy groups -OCH3 is 1. The van der Waals surface area contributed by atoms with Gasteiger partial charge >= 0.3 is 0 Å². The Morgan fingerprint density at radius 3 is 2.23 bits per heavy atom. The largest absolute Gasteiger partial charge is 0.593 e. The fourth-order valence-electron chi connectivity index (χ4n) is 2.26. The lowest BCUT2D eigenvalue weighted by Gasteiger charge is -2.39. The minimum absolute atomic E-state index is 0.119. The molecule has 5 nitrogen and oxygen atoms in total. The van der Waals surface area contributed by atoms with Gasteiger partial charge in [0.2, 0.25) is 0 Å². The van der Waals surface area contributed by atoms with Crippen molar-refractivity contribution >= 4 is 10.4 Å². The SMILES string of the molecule is COc1ccc(OC2CN([S+](=O)([O-])c3ccccc3)C2)cc1. The zero-order chi connectivity index (χ0) is 15.6. The van der Waals surface area contributed by atoms with Crippen molar-refractivity contribution in [1.82, 2.24) is 4.31 Å². The van der Waals surface area contributed by atoms with Gasteiger partial charge in [-0.3, -0.25) is 0 Å². The highest BCUT2D eigenvalue weighted by molar-refractivity contribution is 7.95. The molecule has 3 rings (SSSR count). The normalized spacial score (nSPS) is 18.3. The van der Waals surface area contributed by atoms with Crippen molar-refractivity contribution in [3.8, 4) is 11.5 Å². The smallest absolute Gasteiger partial charge is 0.175 e. The van der Waals surface area contributed by atoms with Crippen LogP contribution in [0.4, 0.5) is 0 Å². The highest BCUT2D eigenvalue weighted by Gasteiger charge is 2.42. The fraction of sp³-hybridized carbons (Fsp3) is 0.250. The van der Waals surface area contributed by atoms with Crippen LogP contribution in [0.5, 0.6) is 11.5 Å². The van der Waals surface area contributed by atoms with E-state index in [1.165, 1.54) is 4.31 Å². The van der Waals surface area contributed by atoms with E-state index in [1.54, 1.807) is 37.4 Å². The summed E-state index contributed by atoms with van der Waals surface area (Å²) in [5, 5.41) is 0. The molecule has 1 aliphatic rings. The van der Waals surface area contributed by atoms with Crippen molar-refractivity contribution in [3.63, 3.8) is 0 Å². The third-order valence-electron chi connectivity index (χ3n) is 3.56. The first kappa shape index (κ1) is 15.0. The Morgan fingerprint density at radius 1 is 1.05 bits per heavy atom. The van der Waals surface area contributed by atoms with Crippen molar-refractivity contribution < 1.29 is 18.2 Å². The van der Waals surface area contributed by atoms with Crippen molar-refractivity contribution in [2.45, 2.75) is 11.0 Å². The van der Waals surface area contributed by atoms with Crippen LogP contribution in [0.25, 0.3) is 0 Å². The van der Waals surface area contributed by atoms with Gasteiger partial charge in [-0.25, -0.2) is 0 Å². The Labute approximate surface area is 130 Å². The molecular formula is C16H17NO4S. The molecule has 1 heterocycles. The zero-order valence-corrected chi connectivity index (χ0v) is 13.0. The molecule has 0 bridgehead atoms. The summed E-state index contributed by atoms with van der Waals surface area (Å²) in [5.74, 6) is 1.47. The Bertz CT molecular complexity index is 668. The number of rotatable bonds is 5. The van der Waals surface area contributed by atoms with Crippen molar-refractivity contribution in [2.24, 2.45) is 0 Å². The van der Waals surface area contributed by atoms with Crippen LogP contribution in [0.2, 0.25) is 0 Å². The van der Waals surface area contributed by atoms with Gasteiger partial charge in [0.15, 0.2) is 15.3 Å². The molecule has 0 radical (unpaired) electrons. The van der Waals surface area contributed by atoms with Gasteiger partial charge in [-0.2, -0.15) is 0 Å². The van der Waals surface area contributed by atoms with Gasteiger partial charge in [-0.1, -0.05) is 22.4 Å². The molecule has 0 saturated carbocycles. The average Bonchev–Trinajstić information content (AvgIpc) is 2.51. The van der Waals surface area contributed by atoms with Crippen molar-refractivity contribution in [2.75, 3.05) is 20.2 Å². The number of sulfonamides is 1. The minimum atomic E-state index is -3.40. The Balaban J connectivity index is 1.58. The first-order valence-corrected chi connectivity index (χ1v) is 8.39. The van der Waals surface area contributed by atoms with E-state index in [-0.39, 0.29) is 6.10 Å². The summed E-state index contributed by atoms with van der Waals surface area (Å²) in [7, 11) is -1.80. The monoisotopic (exact) mass is 319 g/mol. The van der Waals surface area contributed by atoms with Crippen LogP contribution in [0, 0.1) is 0 Å². The number of benzene rings is 2. The maximum absolute atomic E-state index is 12.3. The highest BCUT2D eigenvalue weighted by atomic mass is 32.3. The molecular weight excluding hydrogens is 302 g/mol. The Kier molecular flexibility index (Phi) is 4.15. The second-order valence-electron chi connectivity index (χ2n) is 5.05. The maximum atomic E-state index is 12.3. The number of ether oxygens (including phenoxy) is 2. The number of hydrogen-bond acceptors (Lipinski definition) is 4. The summed E-state index contributed by atoms with van der Waals surface area (Å²) in [6.45, 7) is 0.729. The lowest BCUT2D eigenvalue weighted by Crippen LogP contribution is -2.58. The first-order chi connectivity index (χ1) is 10.6.